The first-order valence-electron chi connectivity index (χ1n) is 10.8. The van der Waals surface area contributed by atoms with Gasteiger partial charge in [0.2, 0.25) is 0 Å². The maximum absolute atomic E-state index is 14.3. The number of halogens is 2. The minimum Gasteiger partial charge on any atom is -0.507 e. The number of benzene rings is 2. The van der Waals surface area contributed by atoms with Gasteiger partial charge < -0.3 is 14.6 Å². The van der Waals surface area contributed by atoms with E-state index >= 15 is 0 Å². The van der Waals surface area contributed by atoms with Gasteiger partial charge >= 0.3 is 0 Å². The zero-order valence-electron chi connectivity index (χ0n) is 18.3. The highest BCUT2D eigenvalue weighted by molar-refractivity contribution is 5.48. The van der Waals surface area contributed by atoms with E-state index in [0.717, 1.165) is 5.56 Å². The summed E-state index contributed by atoms with van der Waals surface area (Å²) in [5.74, 6) is -0.697. The summed E-state index contributed by atoms with van der Waals surface area (Å²) >= 11 is 0. The van der Waals surface area contributed by atoms with Crippen molar-refractivity contribution in [1.29, 1.82) is 0 Å². The van der Waals surface area contributed by atoms with Crippen LogP contribution in [0.5, 0.6) is 5.75 Å². The Balaban J connectivity index is 1.72. The molecule has 1 aliphatic heterocycles. The standard InChI is InChI=1S/C25H27F2N3O2/c1-3-30-17(2)16-22(31)23(25(30)32)24(18-8-10-19(26)11-9-18)29-14-12-28(13-15-29)21-7-5-4-6-20(21)27/h4-11,16,24,31H,3,12-15H2,1-2H3. The minimum atomic E-state index is -0.538. The van der Waals surface area contributed by atoms with E-state index in [-0.39, 0.29) is 28.5 Å². The summed E-state index contributed by atoms with van der Waals surface area (Å²) in [5.41, 5.74) is 1.99. The summed E-state index contributed by atoms with van der Waals surface area (Å²) < 4.78 is 29.5. The molecule has 1 atom stereocenters. The van der Waals surface area contributed by atoms with Gasteiger partial charge in [0, 0.05) is 38.4 Å². The van der Waals surface area contributed by atoms with Gasteiger partial charge in [-0.1, -0.05) is 24.3 Å². The third-order valence-electron chi connectivity index (χ3n) is 6.17. The van der Waals surface area contributed by atoms with E-state index in [2.05, 4.69) is 4.90 Å². The van der Waals surface area contributed by atoms with Gasteiger partial charge in [-0.2, -0.15) is 0 Å². The van der Waals surface area contributed by atoms with Gasteiger partial charge in [0.1, 0.15) is 17.4 Å². The molecule has 1 fully saturated rings. The zero-order valence-corrected chi connectivity index (χ0v) is 18.3. The smallest absolute Gasteiger partial charge is 0.259 e. The normalized spacial score (nSPS) is 15.7. The lowest BCUT2D eigenvalue weighted by Crippen LogP contribution is -2.49. The highest BCUT2D eigenvalue weighted by Crippen LogP contribution is 2.34. The van der Waals surface area contributed by atoms with Crippen LogP contribution in [0.4, 0.5) is 14.5 Å². The number of aromatic nitrogens is 1. The lowest BCUT2D eigenvalue weighted by Gasteiger charge is -2.40. The molecule has 4 rings (SSSR count). The van der Waals surface area contributed by atoms with E-state index in [9.17, 15) is 18.7 Å². The molecule has 0 amide bonds. The van der Waals surface area contributed by atoms with Crippen LogP contribution in [0.1, 0.15) is 29.8 Å². The van der Waals surface area contributed by atoms with E-state index in [1.165, 1.54) is 18.2 Å². The third kappa shape index (κ3) is 4.12. The highest BCUT2D eigenvalue weighted by atomic mass is 19.1. The van der Waals surface area contributed by atoms with Crippen molar-refractivity contribution in [2.24, 2.45) is 0 Å². The van der Waals surface area contributed by atoms with Crippen LogP contribution >= 0.6 is 0 Å². The van der Waals surface area contributed by atoms with Crippen molar-refractivity contribution >= 4 is 5.69 Å². The van der Waals surface area contributed by atoms with E-state index in [0.29, 0.717) is 44.1 Å². The largest absolute Gasteiger partial charge is 0.507 e. The second-order valence-corrected chi connectivity index (χ2v) is 8.06. The number of piperazine rings is 1. The van der Waals surface area contributed by atoms with Crippen LogP contribution in [0, 0.1) is 18.6 Å². The first-order chi connectivity index (χ1) is 15.4. The molecule has 1 aromatic heterocycles. The molecule has 32 heavy (non-hydrogen) atoms. The van der Waals surface area contributed by atoms with Crippen LogP contribution in [0.3, 0.4) is 0 Å². The predicted octanol–water partition coefficient (Wildman–Crippen LogP) is 4.07. The van der Waals surface area contributed by atoms with Crippen LogP contribution in [0.15, 0.2) is 59.4 Å². The Morgan fingerprint density at radius 1 is 1.00 bits per heavy atom. The Morgan fingerprint density at radius 3 is 2.28 bits per heavy atom. The summed E-state index contributed by atoms with van der Waals surface area (Å²) in [5, 5.41) is 10.8. The Labute approximate surface area is 186 Å². The Morgan fingerprint density at radius 2 is 1.66 bits per heavy atom. The molecule has 3 aromatic rings. The second kappa shape index (κ2) is 9.12. The van der Waals surface area contributed by atoms with E-state index in [1.807, 2.05) is 17.9 Å². The van der Waals surface area contributed by atoms with Crippen LogP contribution in [-0.2, 0) is 6.54 Å². The summed E-state index contributed by atoms with van der Waals surface area (Å²) in [7, 11) is 0. The SMILES string of the molecule is CCn1c(C)cc(O)c(C(c2ccc(F)cc2)N2CCN(c3ccccc3F)CC2)c1=O. The quantitative estimate of drug-likeness (QED) is 0.651. The van der Waals surface area contributed by atoms with Crippen molar-refractivity contribution < 1.29 is 13.9 Å². The average molecular weight is 440 g/mol. The molecular formula is C25H27F2N3O2. The summed E-state index contributed by atoms with van der Waals surface area (Å²) in [6.07, 6.45) is 0. The number of nitrogens with zero attached hydrogens (tertiary/aromatic N) is 3. The van der Waals surface area contributed by atoms with Crippen LogP contribution in [0.25, 0.3) is 0 Å². The molecule has 2 heterocycles. The molecule has 1 saturated heterocycles. The predicted molar refractivity (Wildman–Crippen MR) is 121 cm³/mol. The lowest BCUT2D eigenvalue weighted by atomic mass is 9.96. The molecule has 1 N–H and O–H groups in total. The van der Waals surface area contributed by atoms with Crippen LogP contribution in [-0.4, -0.2) is 40.8 Å². The first-order valence-corrected chi connectivity index (χ1v) is 10.8. The molecule has 0 aliphatic carbocycles. The van der Waals surface area contributed by atoms with Crippen molar-refractivity contribution in [3.8, 4) is 5.75 Å². The van der Waals surface area contributed by atoms with E-state index in [4.69, 9.17) is 0 Å². The van der Waals surface area contributed by atoms with Crippen molar-refractivity contribution in [2.45, 2.75) is 26.4 Å². The summed E-state index contributed by atoms with van der Waals surface area (Å²) in [6, 6.07) is 13.8. The molecule has 0 spiro atoms. The van der Waals surface area contributed by atoms with Crippen LogP contribution in [0.2, 0.25) is 0 Å². The van der Waals surface area contributed by atoms with E-state index < -0.39 is 6.04 Å². The van der Waals surface area contributed by atoms with Crippen molar-refractivity contribution in [3.05, 3.63) is 93.4 Å². The molecule has 168 valence electrons. The van der Waals surface area contributed by atoms with Gasteiger partial charge in [-0.3, -0.25) is 9.69 Å². The number of para-hydroxylation sites is 1. The van der Waals surface area contributed by atoms with Gasteiger partial charge in [-0.05, 0) is 49.7 Å². The monoisotopic (exact) mass is 439 g/mol. The number of aromatic hydroxyl groups is 1. The number of aryl methyl sites for hydroxylation is 1. The summed E-state index contributed by atoms with van der Waals surface area (Å²) in [4.78, 5) is 17.4. The topological polar surface area (TPSA) is 48.7 Å². The van der Waals surface area contributed by atoms with E-state index in [1.54, 1.807) is 41.8 Å². The Bertz CT molecular complexity index is 1150. The second-order valence-electron chi connectivity index (χ2n) is 8.06. The molecule has 0 radical (unpaired) electrons. The van der Waals surface area contributed by atoms with Crippen molar-refractivity contribution in [2.75, 3.05) is 31.1 Å². The third-order valence-corrected chi connectivity index (χ3v) is 6.17. The maximum atomic E-state index is 14.3. The Hall–Kier alpha value is -3.19. The summed E-state index contributed by atoms with van der Waals surface area (Å²) in [6.45, 7) is 6.38. The fourth-order valence-corrected chi connectivity index (χ4v) is 4.55. The van der Waals surface area contributed by atoms with Gasteiger partial charge in [0.05, 0.1) is 17.3 Å². The highest BCUT2D eigenvalue weighted by Gasteiger charge is 2.31. The molecular weight excluding hydrogens is 412 g/mol. The van der Waals surface area contributed by atoms with Gasteiger partial charge in [0.15, 0.2) is 0 Å². The zero-order chi connectivity index (χ0) is 22.8. The maximum Gasteiger partial charge on any atom is 0.259 e. The first kappa shape index (κ1) is 22.0. The molecule has 7 heteroatoms. The number of pyridine rings is 1. The molecule has 1 aliphatic rings. The average Bonchev–Trinajstić information content (AvgIpc) is 2.78. The minimum absolute atomic E-state index is 0.0666. The molecule has 2 aromatic carbocycles. The van der Waals surface area contributed by atoms with Gasteiger partial charge in [-0.15, -0.1) is 0 Å². The fraction of sp³-hybridized carbons (Fsp3) is 0.320. The molecule has 1 unspecified atom stereocenters. The number of anilines is 1. The van der Waals surface area contributed by atoms with Gasteiger partial charge in [0.25, 0.3) is 5.56 Å². The number of hydrogen-bond donors (Lipinski definition) is 1. The lowest BCUT2D eigenvalue weighted by molar-refractivity contribution is 0.207. The number of rotatable bonds is 5. The molecule has 0 bridgehead atoms. The fourth-order valence-electron chi connectivity index (χ4n) is 4.55. The van der Waals surface area contributed by atoms with Crippen molar-refractivity contribution in [1.82, 2.24) is 9.47 Å². The van der Waals surface area contributed by atoms with Gasteiger partial charge in [-0.25, -0.2) is 8.78 Å². The molecule has 5 nitrogen and oxygen atoms in total. The Kier molecular flexibility index (Phi) is 6.28. The van der Waals surface area contributed by atoms with Crippen LogP contribution < -0.4 is 10.5 Å². The molecule has 0 saturated carbocycles. The van der Waals surface area contributed by atoms with Crippen molar-refractivity contribution in [3.63, 3.8) is 0 Å². The number of hydrogen-bond acceptors (Lipinski definition) is 4.